The molecule has 0 aliphatic carbocycles. The van der Waals surface area contributed by atoms with E-state index in [-0.39, 0.29) is 23.2 Å². The molecule has 1 aliphatic rings. The standard InChI is InChI=1S/C8H5FN2O2S/c9-4-1-6-8(10-5(4)2-12)11-7(13)3-14-6/h1-2H,3H2,(H,10,11,13). The molecule has 1 aliphatic heterocycles. The third-order valence-electron chi connectivity index (χ3n) is 1.70. The first kappa shape index (κ1) is 9.14. The third-order valence-corrected chi connectivity index (χ3v) is 2.73. The Labute approximate surface area is 82.9 Å². The van der Waals surface area contributed by atoms with Gasteiger partial charge in [0.1, 0.15) is 11.5 Å². The minimum Gasteiger partial charge on any atom is -0.309 e. The molecule has 0 atom stereocenters. The van der Waals surface area contributed by atoms with Gasteiger partial charge in [0.05, 0.1) is 10.6 Å². The van der Waals surface area contributed by atoms with Crippen molar-refractivity contribution < 1.29 is 14.0 Å². The summed E-state index contributed by atoms with van der Waals surface area (Å²) in [5.41, 5.74) is -0.286. The molecule has 0 radical (unpaired) electrons. The number of fused-ring (bicyclic) bond motifs is 1. The molecule has 2 rings (SSSR count). The van der Waals surface area contributed by atoms with Gasteiger partial charge in [0.25, 0.3) is 0 Å². The molecule has 0 unspecified atom stereocenters. The van der Waals surface area contributed by atoms with E-state index >= 15 is 0 Å². The lowest BCUT2D eigenvalue weighted by atomic mass is 10.3. The van der Waals surface area contributed by atoms with Crippen molar-refractivity contribution in [3.63, 3.8) is 0 Å². The minimum absolute atomic E-state index is 0.196. The molecule has 0 saturated heterocycles. The zero-order valence-corrected chi connectivity index (χ0v) is 7.73. The van der Waals surface area contributed by atoms with E-state index in [2.05, 4.69) is 10.3 Å². The first-order chi connectivity index (χ1) is 6.70. The monoisotopic (exact) mass is 212 g/mol. The van der Waals surface area contributed by atoms with E-state index in [1.807, 2.05) is 0 Å². The average Bonchev–Trinajstić information content (AvgIpc) is 2.17. The van der Waals surface area contributed by atoms with E-state index in [1.54, 1.807) is 0 Å². The van der Waals surface area contributed by atoms with Crippen molar-refractivity contribution >= 4 is 29.8 Å². The molecule has 2 heterocycles. The van der Waals surface area contributed by atoms with Crippen LogP contribution in [-0.4, -0.2) is 22.9 Å². The Morgan fingerprint density at radius 1 is 1.64 bits per heavy atom. The van der Waals surface area contributed by atoms with Gasteiger partial charge in [-0.2, -0.15) is 0 Å². The Kier molecular flexibility index (Phi) is 2.20. The zero-order chi connectivity index (χ0) is 10.1. The number of nitrogens with zero attached hydrogens (tertiary/aromatic N) is 1. The van der Waals surface area contributed by atoms with E-state index in [1.165, 1.54) is 17.8 Å². The lowest BCUT2D eigenvalue weighted by Gasteiger charge is -2.15. The molecule has 0 saturated carbocycles. The van der Waals surface area contributed by atoms with Gasteiger partial charge < -0.3 is 5.32 Å². The van der Waals surface area contributed by atoms with Gasteiger partial charge in [0.15, 0.2) is 12.1 Å². The summed E-state index contributed by atoms with van der Waals surface area (Å²) in [6.45, 7) is 0. The van der Waals surface area contributed by atoms with Crippen LogP contribution in [0.2, 0.25) is 0 Å². The predicted molar refractivity (Wildman–Crippen MR) is 48.9 cm³/mol. The zero-order valence-electron chi connectivity index (χ0n) is 6.91. The van der Waals surface area contributed by atoms with Crippen molar-refractivity contribution in [1.82, 2.24) is 4.98 Å². The largest absolute Gasteiger partial charge is 0.309 e. The molecule has 0 bridgehead atoms. The van der Waals surface area contributed by atoms with E-state index in [0.29, 0.717) is 11.2 Å². The molecule has 1 aromatic heterocycles. The molecule has 14 heavy (non-hydrogen) atoms. The normalized spacial score (nSPS) is 14.5. The number of rotatable bonds is 1. The number of carbonyl (C=O) groups is 2. The number of halogens is 1. The molecule has 1 amide bonds. The van der Waals surface area contributed by atoms with Crippen molar-refractivity contribution in [1.29, 1.82) is 0 Å². The molecule has 1 N–H and O–H groups in total. The summed E-state index contributed by atoms with van der Waals surface area (Å²) in [7, 11) is 0. The smallest absolute Gasteiger partial charge is 0.235 e. The van der Waals surface area contributed by atoms with Crippen LogP contribution in [0.15, 0.2) is 11.0 Å². The molecule has 4 nitrogen and oxygen atoms in total. The van der Waals surface area contributed by atoms with Crippen molar-refractivity contribution in [2.45, 2.75) is 4.90 Å². The topological polar surface area (TPSA) is 59.1 Å². The van der Waals surface area contributed by atoms with Gasteiger partial charge in [-0.05, 0) is 6.07 Å². The predicted octanol–water partition coefficient (Wildman–Crippen LogP) is 1.08. The van der Waals surface area contributed by atoms with Gasteiger partial charge in [-0.3, -0.25) is 9.59 Å². The van der Waals surface area contributed by atoms with Gasteiger partial charge in [-0.25, -0.2) is 9.37 Å². The lowest BCUT2D eigenvalue weighted by molar-refractivity contribution is -0.113. The molecule has 0 fully saturated rings. The number of nitrogens with one attached hydrogen (secondary N) is 1. The highest BCUT2D eigenvalue weighted by Gasteiger charge is 2.19. The highest BCUT2D eigenvalue weighted by atomic mass is 32.2. The van der Waals surface area contributed by atoms with Crippen LogP contribution in [-0.2, 0) is 4.79 Å². The summed E-state index contributed by atoms with van der Waals surface area (Å²) in [6, 6.07) is 1.20. The molecular formula is C8H5FN2O2S. The second-order valence-corrected chi connectivity index (χ2v) is 3.67. The number of thioether (sulfide) groups is 1. The van der Waals surface area contributed by atoms with Crippen LogP contribution in [0, 0.1) is 5.82 Å². The Bertz CT molecular complexity index is 422. The fourth-order valence-electron chi connectivity index (χ4n) is 1.08. The van der Waals surface area contributed by atoms with Gasteiger partial charge in [0.2, 0.25) is 5.91 Å². The highest BCUT2D eigenvalue weighted by Crippen LogP contribution is 2.30. The van der Waals surface area contributed by atoms with E-state index < -0.39 is 5.82 Å². The number of carbonyl (C=O) groups excluding carboxylic acids is 2. The van der Waals surface area contributed by atoms with Crippen LogP contribution in [0.1, 0.15) is 10.5 Å². The van der Waals surface area contributed by atoms with Crippen LogP contribution in [0.3, 0.4) is 0 Å². The summed E-state index contributed by atoms with van der Waals surface area (Å²) in [5, 5.41) is 2.47. The molecular weight excluding hydrogens is 207 g/mol. The number of hydrogen-bond acceptors (Lipinski definition) is 4. The van der Waals surface area contributed by atoms with E-state index in [9.17, 15) is 14.0 Å². The average molecular weight is 212 g/mol. The number of amides is 1. The first-order valence-electron chi connectivity index (χ1n) is 3.79. The Morgan fingerprint density at radius 2 is 2.43 bits per heavy atom. The van der Waals surface area contributed by atoms with Gasteiger partial charge in [-0.15, -0.1) is 11.8 Å². The maximum Gasteiger partial charge on any atom is 0.235 e. The number of hydrogen-bond donors (Lipinski definition) is 1. The fourth-order valence-corrected chi connectivity index (χ4v) is 1.86. The van der Waals surface area contributed by atoms with Crippen LogP contribution < -0.4 is 5.32 Å². The lowest BCUT2D eigenvalue weighted by Crippen LogP contribution is -2.20. The van der Waals surface area contributed by atoms with Crippen molar-refractivity contribution in [3.8, 4) is 0 Å². The number of pyridine rings is 1. The highest BCUT2D eigenvalue weighted by molar-refractivity contribution is 8.00. The first-order valence-corrected chi connectivity index (χ1v) is 4.77. The van der Waals surface area contributed by atoms with Crippen molar-refractivity contribution in [3.05, 3.63) is 17.6 Å². The Hall–Kier alpha value is -1.43. The van der Waals surface area contributed by atoms with E-state index in [4.69, 9.17) is 0 Å². The molecule has 0 aromatic carbocycles. The molecule has 0 spiro atoms. The summed E-state index contributed by atoms with van der Waals surface area (Å²) >= 11 is 1.20. The SMILES string of the molecule is O=Cc1nc2c(cc1F)SCC(=O)N2. The summed E-state index contributed by atoms with van der Waals surface area (Å²) in [6.07, 6.45) is 0.320. The molecule has 6 heteroatoms. The van der Waals surface area contributed by atoms with Crippen LogP contribution in [0.4, 0.5) is 10.2 Å². The fraction of sp³-hybridized carbons (Fsp3) is 0.125. The summed E-state index contributed by atoms with van der Waals surface area (Å²) in [5.74, 6) is -0.357. The van der Waals surface area contributed by atoms with Gasteiger partial charge in [-0.1, -0.05) is 0 Å². The quantitative estimate of drug-likeness (QED) is 0.707. The second kappa shape index (κ2) is 3.38. The number of anilines is 1. The number of aromatic nitrogens is 1. The van der Waals surface area contributed by atoms with Gasteiger partial charge in [0, 0.05) is 0 Å². The summed E-state index contributed by atoms with van der Waals surface area (Å²) < 4.78 is 13.1. The molecule has 72 valence electrons. The Morgan fingerprint density at radius 3 is 3.14 bits per heavy atom. The van der Waals surface area contributed by atoms with Crippen LogP contribution >= 0.6 is 11.8 Å². The third kappa shape index (κ3) is 1.48. The van der Waals surface area contributed by atoms with Crippen molar-refractivity contribution in [2.24, 2.45) is 0 Å². The van der Waals surface area contributed by atoms with Gasteiger partial charge >= 0.3 is 0 Å². The number of aldehydes is 1. The second-order valence-electron chi connectivity index (χ2n) is 2.66. The minimum atomic E-state index is -0.664. The maximum atomic E-state index is 13.1. The van der Waals surface area contributed by atoms with Crippen molar-refractivity contribution in [2.75, 3.05) is 11.1 Å². The summed E-state index contributed by atoms with van der Waals surface area (Å²) in [4.78, 5) is 25.6. The maximum absolute atomic E-state index is 13.1. The van der Waals surface area contributed by atoms with Crippen LogP contribution in [0.25, 0.3) is 0 Å². The van der Waals surface area contributed by atoms with E-state index in [0.717, 1.165) is 0 Å². The van der Waals surface area contributed by atoms with Crippen LogP contribution in [0.5, 0.6) is 0 Å². The Balaban J connectivity index is 2.51. The molecule has 1 aromatic rings.